The van der Waals surface area contributed by atoms with Crippen LogP contribution in [0.25, 0.3) is 11.0 Å². The molecule has 0 radical (unpaired) electrons. The predicted molar refractivity (Wildman–Crippen MR) is 90.4 cm³/mol. The quantitative estimate of drug-likeness (QED) is 0.521. The van der Waals surface area contributed by atoms with Crippen LogP contribution in [0.5, 0.6) is 5.75 Å². The summed E-state index contributed by atoms with van der Waals surface area (Å²) in [5.41, 5.74) is 1.19. The lowest BCUT2D eigenvalue weighted by molar-refractivity contribution is 0.242. The average Bonchev–Trinajstić information content (AvgIpc) is 3.08. The summed E-state index contributed by atoms with van der Waals surface area (Å²) in [7, 11) is 0. The molecule has 4 aromatic rings. The van der Waals surface area contributed by atoms with Crippen molar-refractivity contribution >= 4 is 11.0 Å². The Labute approximate surface area is 142 Å². The summed E-state index contributed by atoms with van der Waals surface area (Å²) in [6.07, 6.45) is 0.603. The van der Waals surface area contributed by atoms with Crippen molar-refractivity contribution in [3.8, 4) is 5.75 Å². The molecular weight excluding hydrogens is 320 g/mol. The van der Waals surface area contributed by atoms with Gasteiger partial charge >= 0.3 is 5.63 Å². The SMILES string of the molecule is O=c1ccc2ccc(OCc3nc(Cc4ccccc4)no3)cc2o1. The lowest BCUT2D eigenvalue weighted by Gasteiger charge is -2.03. The standard InChI is InChI=1S/C19H14N2O4/c22-19-9-7-14-6-8-15(11-16(14)24-19)23-12-18-20-17(21-25-18)10-13-4-2-1-3-5-13/h1-9,11H,10,12H2. The van der Waals surface area contributed by atoms with Crippen LogP contribution in [-0.4, -0.2) is 10.1 Å². The molecule has 0 aliphatic carbocycles. The summed E-state index contributed by atoms with van der Waals surface area (Å²) in [5.74, 6) is 1.56. The van der Waals surface area contributed by atoms with Crippen LogP contribution in [0.4, 0.5) is 0 Å². The number of fused-ring (bicyclic) bond motifs is 1. The zero-order chi connectivity index (χ0) is 17.1. The minimum absolute atomic E-state index is 0.143. The Kier molecular flexibility index (Phi) is 4.00. The number of benzene rings is 2. The molecule has 0 saturated carbocycles. The summed E-state index contributed by atoms with van der Waals surface area (Å²) in [6, 6.07) is 18.3. The third-order valence-electron chi connectivity index (χ3n) is 3.67. The van der Waals surface area contributed by atoms with Crippen molar-refractivity contribution in [3.63, 3.8) is 0 Å². The predicted octanol–water partition coefficient (Wildman–Crippen LogP) is 3.35. The maximum absolute atomic E-state index is 11.3. The van der Waals surface area contributed by atoms with E-state index in [1.165, 1.54) is 6.07 Å². The van der Waals surface area contributed by atoms with Crippen molar-refractivity contribution in [1.29, 1.82) is 0 Å². The van der Waals surface area contributed by atoms with Crippen molar-refractivity contribution in [1.82, 2.24) is 10.1 Å². The van der Waals surface area contributed by atoms with Gasteiger partial charge in [-0.1, -0.05) is 35.5 Å². The van der Waals surface area contributed by atoms with E-state index in [4.69, 9.17) is 13.7 Å². The van der Waals surface area contributed by atoms with Gasteiger partial charge in [0.1, 0.15) is 11.3 Å². The molecule has 0 fully saturated rings. The Morgan fingerprint density at radius 3 is 2.72 bits per heavy atom. The van der Waals surface area contributed by atoms with E-state index >= 15 is 0 Å². The number of hydrogen-bond acceptors (Lipinski definition) is 6. The first-order chi connectivity index (χ1) is 12.3. The lowest BCUT2D eigenvalue weighted by Crippen LogP contribution is -1.98. The van der Waals surface area contributed by atoms with Crippen molar-refractivity contribution in [2.75, 3.05) is 0 Å². The molecule has 2 aromatic carbocycles. The molecule has 0 amide bonds. The smallest absolute Gasteiger partial charge is 0.336 e. The minimum atomic E-state index is -0.396. The van der Waals surface area contributed by atoms with Crippen molar-refractivity contribution in [2.24, 2.45) is 0 Å². The molecule has 6 heteroatoms. The molecule has 2 aromatic heterocycles. The van der Waals surface area contributed by atoms with Gasteiger partial charge in [-0.25, -0.2) is 4.79 Å². The van der Waals surface area contributed by atoms with Gasteiger partial charge < -0.3 is 13.7 Å². The first kappa shape index (κ1) is 15.1. The molecule has 25 heavy (non-hydrogen) atoms. The highest BCUT2D eigenvalue weighted by Crippen LogP contribution is 2.20. The number of hydrogen-bond donors (Lipinski definition) is 0. The Morgan fingerprint density at radius 2 is 1.84 bits per heavy atom. The van der Waals surface area contributed by atoms with Gasteiger partial charge in [-0.2, -0.15) is 4.98 Å². The van der Waals surface area contributed by atoms with Gasteiger partial charge in [0.2, 0.25) is 0 Å². The zero-order valence-electron chi connectivity index (χ0n) is 13.2. The van der Waals surface area contributed by atoms with Gasteiger partial charge in [-0.15, -0.1) is 0 Å². The fourth-order valence-corrected chi connectivity index (χ4v) is 2.47. The van der Waals surface area contributed by atoms with Crippen LogP contribution in [0, 0.1) is 0 Å². The maximum Gasteiger partial charge on any atom is 0.336 e. The van der Waals surface area contributed by atoms with E-state index in [1.807, 2.05) is 36.4 Å². The molecule has 2 heterocycles. The van der Waals surface area contributed by atoms with E-state index in [0.717, 1.165) is 10.9 Å². The van der Waals surface area contributed by atoms with Gasteiger partial charge in [0.15, 0.2) is 12.4 Å². The van der Waals surface area contributed by atoms with Crippen molar-refractivity contribution in [3.05, 3.63) is 88.4 Å². The maximum atomic E-state index is 11.3. The summed E-state index contributed by atoms with van der Waals surface area (Å²) in [4.78, 5) is 15.6. The fourth-order valence-electron chi connectivity index (χ4n) is 2.47. The van der Waals surface area contributed by atoms with Crippen molar-refractivity contribution in [2.45, 2.75) is 13.0 Å². The highest BCUT2D eigenvalue weighted by molar-refractivity contribution is 5.77. The number of ether oxygens (including phenoxy) is 1. The van der Waals surface area contributed by atoms with Gasteiger partial charge in [-0.3, -0.25) is 0 Å². The normalized spacial score (nSPS) is 10.9. The molecule has 124 valence electrons. The number of rotatable bonds is 5. The molecule has 0 bridgehead atoms. The molecule has 0 saturated heterocycles. The molecule has 0 spiro atoms. The Hall–Kier alpha value is -3.41. The van der Waals surface area contributed by atoms with E-state index in [2.05, 4.69) is 10.1 Å². The number of nitrogens with zero attached hydrogens (tertiary/aromatic N) is 2. The summed E-state index contributed by atoms with van der Waals surface area (Å²) in [5, 5.41) is 4.79. The molecule has 4 rings (SSSR count). The molecule has 0 atom stereocenters. The Morgan fingerprint density at radius 1 is 1.00 bits per heavy atom. The van der Waals surface area contributed by atoms with Crippen LogP contribution in [-0.2, 0) is 13.0 Å². The second-order valence-corrected chi connectivity index (χ2v) is 5.51. The van der Waals surface area contributed by atoms with Crippen LogP contribution < -0.4 is 10.4 Å². The number of aromatic nitrogens is 2. The van der Waals surface area contributed by atoms with Gasteiger partial charge in [-0.05, 0) is 23.8 Å². The third kappa shape index (κ3) is 3.58. The van der Waals surface area contributed by atoms with E-state index in [-0.39, 0.29) is 6.61 Å². The molecule has 6 nitrogen and oxygen atoms in total. The highest BCUT2D eigenvalue weighted by Gasteiger charge is 2.08. The largest absolute Gasteiger partial charge is 0.484 e. The van der Waals surface area contributed by atoms with Crippen LogP contribution in [0.15, 0.2) is 74.4 Å². The van der Waals surface area contributed by atoms with Crippen LogP contribution >= 0.6 is 0 Å². The average molecular weight is 334 g/mol. The highest BCUT2D eigenvalue weighted by atomic mass is 16.5. The Balaban J connectivity index is 1.44. The fraction of sp³-hybridized carbons (Fsp3) is 0.105. The summed E-state index contributed by atoms with van der Waals surface area (Å²) < 4.78 is 16.0. The van der Waals surface area contributed by atoms with E-state index < -0.39 is 5.63 Å². The molecule has 0 N–H and O–H groups in total. The monoisotopic (exact) mass is 334 g/mol. The molecule has 0 unspecified atom stereocenters. The summed E-state index contributed by atoms with van der Waals surface area (Å²) >= 11 is 0. The second kappa shape index (κ2) is 6.60. The minimum Gasteiger partial charge on any atom is -0.484 e. The Bertz CT molecular complexity index is 1050. The molecule has 0 aliphatic rings. The van der Waals surface area contributed by atoms with E-state index in [0.29, 0.717) is 29.5 Å². The zero-order valence-corrected chi connectivity index (χ0v) is 13.2. The van der Waals surface area contributed by atoms with E-state index in [1.54, 1.807) is 18.2 Å². The molecule has 0 aliphatic heterocycles. The first-order valence-electron chi connectivity index (χ1n) is 7.78. The lowest BCUT2D eigenvalue weighted by atomic mass is 10.1. The second-order valence-electron chi connectivity index (χ2n) is 5.51. The third-order valence-corrected chi connectivity index (χ3v) is 3.67. The van der Waals surface area contributed by atoms with Gasteiger partial charge in [0.05, 0.1) is 0 Å². The first-order valence-corrected chi connectivity index (χ1v) is 7.78. The topological polar surface area (TPSA) is 78.4 Å². The van der Waals surface area contributed by atoms with E-state index in [9.17, 15) is 4.79 Å². The summed E-state index contributed by atoms with van der Waals surface area (Å²) in [6.45, 7) is 0.143. The van der Waals surface area contributed by atoms with Crippen LogP contribution in [0.3, 0.4) is 0 Å². The molecular formula is C19H14N2O4. The van der Waals surface area contributed by atoms with Crippen LogP contribution in [0.1, 0.15) is 17.3 Å². The van der Waals surface area contributed by atoms with Crippen LogP contribution in [0.2, 0.25) is 0 Å². The van der Waals surface area contributed by atoms with Gasteiger partial charge in [0.25, 0.3) is 5.89 Å². The van der Waals surface area contributed by atoms with Gasteiger partial charge in [0, 0.05) is 23.9 Å². The van der Waals surface area contributed by atoms with Crippen molar-refractivity contribution < 1.29 is 13.7 Å².